The van der Waals surface area contributed by atoms with Crippen molar-refractivity contribution in [3.05, 3.63) is 36.8 Å². The fourth-order valence-electron chi connectivity index (χ4n) is 0.742. The lowest BCUT2D eigenvalue weighted by molar-refractivity contribution is -0.360. The number of halogens is 5. The molecule has 0 aliphatic heterocycles. The van der Waals surface area contributed by atoms with Crippen LogP contribution in [0.4, 0.5) is 22.0 Å². The molecule has 0 N–H and O–H groups in total. The van der Waals surface area contributed by atoms with E-state index < -0.39 is 18.0 Å². The van der Waals surface area contributed by atoms with Crippen LogP contribution in [-0.4, -0.2) is 12.3 Å². The van der Waals surface area contributed by atoms with Crippen LogP contribution in [0.25, 0.3) is 0 Å². The first kappa shape index (κ1) is 11.7. The van der Waals surface area contributed by atoms with Crippen molar-refractivity contribution in [2.24, 2.45) is 0 Å². The van der Waals surface area contributed by atoms with Crippen molar-refractivity contribution in [1.82, 2.24) is 0 Å². The number of rotatable bonds is 2. The highest BCUT2D eigenvalue weighted by Crippen LogP contribution is 2.37. The fraction of sp³-hybridized carbons (Fsp3) is 0.222. The topological polar surface area (TPSA) is 9.23 Å². The van der Waals surface area contributed by atoms with E-state index in [0.29, 0.717) is 0 Å². The molecule has 0 unspecified atom stereocenters. The van der Waals surface area contributed by atoms with E-state index in [1.807, 2.05) is 0 Å². The molecule has 1 aromatic rings. The van der Waals surface area contributed by atoms with Crippen LogP contribution in [0.1, 0.15) is 5.56 Å². The van der Waals surface area contributed by atoms with Gasteiger partial charge in [0.25, 0.3) is 0 Å². The zero-order chi connectivity index (χ0) is 11.7. The molecule has 1 aromatic carbocycles. The second kappa shape index (κ2) is 3.67. The van der Waals surface area contributed by atoms with Crippen molar-refractivity contribution < 1.29 is 26.7 Å². The summed E-state index contributed by atoms with van der Waals surface area (Å²) in [5, 5.41) is 0. The average molecular weight is 224 g/mol. The van der Waals surface area contributed by atoms with Gasteiger partial charge in [0.1, 0.15) is 5.75 Å². The van der Waals surface area contributed by atoms with E-state index in [4.69, 9.17) is 6.92 Å². The van der Waals surface area contributed by atoms with Crippen molar-refractivity contribution in [2.45, 2.75) is 12.3 Å². The Morgan fingerprint density at radius 2 is 1.40 bits per heavy atom. The van der Waals surface area contributed by atoms with Crippen molar-refractivity contribution in [2.75, 3.05) is 0 Å². The third-order valence-corrected chi connectivity index (χ3v) is 1.46. The molecule has 6 heteroatoms. The number of ether oxygens (including phenoxy) is 1. The fourth-order valence-corrected chi connectivity index (χ4v) is 0.742. The number of benzene rings is 1. The molecule has 1 nitrogen and oxygen atoms in total. The molecule has 0 aromatic heterocycles. The van der Waals surface area contributed by atoms with E-state index in [1.54, 1.807) is 0 Å². The third-order valence-electron chi connectivity index (χ3n) is 1.46. The molecule has 1 rings (SSSR count). The van der Waals surface area contributed by atoms with Gasteiger partial charge in [0.2, 0.25) is 0 Å². The smallest absolute Gasteiger partial charge is 0.426 e. The van der Waals surface area contributed by atoms with Crippen LogP contribution >= 0.6 is 0 Å². The Labute approximate surface area is 82.5 Å². The van der Waals surface area contributed by atoms with Gasteiger partial charge >= 0.3 is 12.3 Å². The first-order valence-electron chi connectivity index (χ1n) is 3.71. The quantitative estimate of drug-likeness (QED) is 0.700. The minimum absolute atomic E-state index is 0.234. The maximum absolute atomic E-state index is 12.3. The Hall–Kier alpha value is -1.33. The molecule has 82 valence electrons. The molecule has 0 aliphatic carbocycles. The van der Waals surface area contributed by atoms with Gasteiger partial charge in [0.15, 0.2) is 0 Å². The van der Waals surface area contributed by atoms with Crippen molar-refractivity contribution in [1.29, 1.82) is 0 Å². The lowest BCUT2D eigenvalue weighted by Gasteiger charge is -2.20. The monoisotopic (exact) mass is 224 g/mol. The largest absolute Gasteiger partial charge is 0.499 e. The van der Waals surface area contributed by atoms with Crippen LogP contribution in [0, 0.1) is 6.92 Å². The van der Waals surface area contributed by atoms with Crippen molar-refractivity contribution >= 4 is 0 Å². The summed E-state index contributed by atoms with van der Waals surface area (Å²) in [5.41, 5.74) is 0.234. The zero-order valence-corrected chi connectivity index (χ0v) is 7.18. The van der Waals surface area contributed by atoms with Crippen LogP contribution in [0.3, 0.4) is 0 Å². The molecule has 2 radical (unpaired) electrons. The number of alkyl halides is 5. The first-order chi connectivity index (χ1) is 6.72. The van der Waals surface area contributed by atoms with Gasteiger partial charge < -0.3 is 4.74 Å². The average Bonchev–Trinajstić information content (AvgIpc) is 2.06. The Bertz CT molecular complexity index is 327. The lowest BCUT2D eigenvalue weighted by atomic mass is 10.2. The lowest BCUT2D eigenvalue weighted by Crippen LogP contribution is -2.41. The molecule has 0 heterocycles. The summed E-state index contributed by atoms with van der Waals surface area (Å²) >= 11 is 0. The van der Waals surface area contributed by atoms with Gasteiger partial charge in [-0.15, -0.1) is 0 Å². The number of hydrogen-bond acceptors (Lipinski definition) is 1. The van der Waals surface area contributed by atoms with Gasteiger partial charge in [0.05, 0.1) is 0 Å². The highest BCUT2D eigenvalue weighted by molar-refractivity contribution is 5.28. The van der Waals surface area contributed by atoms with E-state index in [-0.39, 0.29) is 5.56 Å². The van der Waals surface area contributed by atoms with E-state index in [2.05, 4.69) is 4.74 Å². The van der Waals surface area contributed by atoms with E-state index >= 15 is 0 Å². The highest BCUT2D eigenvalue weighted by atomic mass is 19.4. The van der Waals surface area contributed by atoms with E-state index in [0.717, 1.165) is 24.3 Å². The summed E-state index contributed by atoms with van der Waals surface area (Å²) in [4.78, 5) is 0. The Kier molecular flexibility index (Phi) is 2.88. The van der Waals surface area contributed by atoms with Crippen LogP contribution in [-0.2, 0) is 0 Å². The molecule has 0 saturated heterocycles. The minimum atomic E-state index is -5.74. The molecule has 0 amide bonds. The van der Waals surface area contributed by atoms with Gasteiger partial charge in [-0.1, -0.05) is 12.1 Å². The first-order valence-corrected chi connectivity index (χ1v) is 3.71. The molecular weight excluding hydrogens is 219 g/mol. The second-order valence-electron chi connectivity index (χ2n) is 2.69. The Morgan fingerprint density at radius 3 is 1.80 bits per heavy atom. The third kappa shape index (κ3) is 2.81. The van der Waals surface area contributed by atoms with Gasteiger partial charge in [0, 0.05) is 0 Å². The van der Waals surface area contributed by atoms with Gasteiger partial charge in [-0.05, 0) is 24.6 Å². The summed E-state index contributed by atoms with van der Waals surface area (Å²) in [5.74, 6) is -0.605. The van der Waals surface area contributed by atoms with E-state index in [9.17, 15) is 22.0 Å². The Balaban J connectivity index is 2.82. The summed E-state index contributed by atoms with van der Waals surface area (Å²) in [6.07, 6.45) is -10.9. The van der Waals surface area contributed by atoms with Crippen molar-refractivity contribution in [3.8, 4) is 5.75 Å². The maximum atomic E-state index is 12.3. The van der Waals surface area contributed by atoms with Crippen LogP contribution in [0.15, 0.2) is 24.3 Å². The molecule has 0 bridgehead atoms. The SMILES string of the molecule is [CH]c1ccc(OC(F)(F)C(F)(F)F)cc1. The van der Waals surface area contributed by atoms with Crippen LogP contribution < -0.4 is 4.74 Å². The highest BCUT2D eigenvalue weighted by Gasteiger charge is 2.61. The van der Waals surface area contributed by atoms with Gasteiger partial charge in [-0.2, -0.15) is 22.0 Å². The molecular formula is C9H5F5O. The summed E-state index contributed by atoms with van der Waals surface area (Å²) < 4.78 is 63.3. The minimum Gasteiger partial charge on any atom is -0.426 e. The van der Waals surface area contributed by atoms with Gasteiger partial charge in [-0.3, -0.25) is 0 Å². The summed E-state index contributed by atoms with van der Waals surface area (Å²) in [6.45, 7) is 5.21. The predicted molar refractivity (Wildman–Crippen MR) is 41.5 cm³/mol. The molecule has 15 heavy (non-hydrogen) atoms. The number of hydrogen-bond donors (Lipinski definition) is 0. The molecule has 0 spiro atoms. The molecule has 0 saturated carbocycles. The maximum Gasteiger partial charge on any atom is 0.499 e. The summed E-state index contributed by atoms with van der Waals surface area (Å²) in [7, 11) is 0. The standard InChI is InChI=1S/C9H5F5O/c1-6-2-4-7(5-3-6)15-9(13,14)8(10,11)12/h1-5H. The Morgan fingerprint density at radius 1 is 0.933 bits per heavy atom. The molecule has 0 atom stereocenters. The van der Waals surface area contributed by atoms with Crippen LogP contribution in [0.2, 0.25) is 0 Å². The predicted octanol–water partition coefficient (Wildman–Crippen LogP) is 3.28. The van der Waals surface area contributed by atoms with Crippen molar-refractivity contribution in [3.63, 3.8) is 0 Å². The van der Waals surface area contributed by atoms with E-state index in [1.165, 1.54) is 0 Å². The molecule has 0 aliphatic rings. The second-order valence-corrected chi connectivity index (χ2v) is 2.69. The van der Waals surface area contributed by atoms with Crippen LogP contribution in [0.5, 0.6) is 5.75 Å². The van der Waals surface area contributed by atoms with Gasteiger partial charge in [-0.25, -0.2) is 0 Å². The molecule has 0 fully saturated rings. The summed E-state index contributed by atoms with van der Waals surface area (Å²) in [6, 6.07) is 4.16. The normalized spacial score (nSPS) is 12.7. The zero-order valence-electron chi connectivity index (χ0n) is 7.18.